The molecule has 4 nitrogen and oxygen atoms in total. The fourth-order valence-electron chi connectivity index (χ4n) is 2.58. The second-order valence-electron chi connectivity index (χ2n) is 5.51. The van der Waals surface area contributed by atoms with Crippen molar-refractivity contribution in [3.8, 4) is 22.4 Å². The van der Waals surface area contributed by atoms with Crippen molar-refractivity contribution >= 4 is 21.4 Å². The minimum atomic E-state index is -4.03. The molecule has 0 fully saturated rings. The quantitative estimate of drug-likeness (QED) is 0.660. The molecule has 2 aromatic carbocycles. The highest BCUT2D eigenvalue weighted by atomic mass is 35.5. The molecule has 1 heterocycles. The predicted octanol–water partition coefficient (Wildman–Crippen LogP) is 4.65. The van der Waals surface area contributed by atoms with Crippen LogP contribution in [0.25, 0.3) is 22.4 Å². The second-order valence-corrected chi connectivity index (χ2v) is 7.90. The van der Waals surface area contributed by atoms with E-state index in [1.54, 1.807) is 31.2 Å². The lowest BCUT2D eigenvalue weighted by atomic mass is 9.99. The molecule has 0 N–H and O–H groups in total. The van der Waals surface area contributed by atoms with E-state index < -0.39 is 26.4 Å². The van der Waals surface area contributed by atoms with Crippen LogP contribution in [-0.2, 0) is 9.84 Å². The van der Waals surface area contributed by atoms with Gasteiger partial charge < -0.3 is 4.52 Å². The molecule has 0 saturated carbocycles. The van der Waals surface area contributed by atoms with Gasteiger partial charge in [0.25, 0.3) is 0 Å². The van der Waals surface area contributed by atoms with Gasteiger partial charge in [0, 0.05) is 16.8 Å². The minimum Gasteiger partial charge on any atom is -0.360 e. The van der Waals surface area contributed by atoms with Crippen molar-refractivity contribution in [1.29, 1.82) is 0 Å². The zero-order chi connectivity index (χ0) is 18.4. The summed E-state index contributed by atoms with van der Waals surface area (Å²) in [5.41, 5.74) is 1.52. The minimum absolute atomic E-state index is 0.131. The average Bonchev–Trinajstić information content (AvgIpc) is 2.87. The summed E-state index contributed by atoms with van der Waals surface area (Å²) >= 11 is 5.86. The van der Waals surface area contributed by atoms with Crippen LogP contribution in [0.1, 0.15) is 5.76 Å². The van der Waals surface area contributed by atoms with Crippen molar-refractivity contribution in [2.75, 3.05) is 6.26 Å². The fraction of sp³-hybridized carbons (Fsp3) is 0.118. The first-order valence-corrected chi connectivity index (χ1v) is 9.37. The van der Waals surface area contributed by atoms with Gasteiger partial charge in [0.15, 0.2) is 9.84 Å². The first-order chi connectivity index (χ1) is 11.7. The highest BCUT2D eigenvalue weighted by Gasteiger charge is 2.24. The maximum absolute atomic E-state index is 14.2. The van der Waals surface area contributed by atoms with Crippen molar-refractivity contribution in [1.82, 2.24) is 5.16 Å². The molecule has 0 bridgehead atoms. The lowest BCUT2D eigenvalue weighted by Gasteiger charge is -2.08. The molecule has 0 aliphatic heterocycles. The number of rotatable bonds is 3. The van der Waals surface area contributed by atoms with Crippen LogP contribution in [0.4, 0.5) is 8.78 Å². The number of aromatic nitrogens is 1. The lowest BCUT2D eigenvalue weighted by molar-refractivity contribution is 0.400. The average molecular weight is 384 g/mol. The van der Waals surface area contributed by atoms with Gasteiger partial charge in [0.2, 0.25) is 0 Å². The van der Waals surface area contributed by atoms with Crippen molar-refractivity contribution in [2.24, 2.45) is 0 Å². The molecule has 0 amide bonds. The Morgan fingerprint density at radius 2 is 1.60 bits per heavy atom. The zero-order valence-electron chi connectivity index (χ0n) is 13.2. The Labute approximate surface area is 148 Å². The highest BCUT2D eigenvalue weighted by Crippen LogP contribution is 2.36. The van der Waals surface area contributed by atoms with E-state index in [9.17, 15) is 17.2 Å². The molecule has 0 atom stereocenters. The van der Waals surface area contributed by atoms with E-state index in [0.717, 1.165) is 18.4 Å². The van der Waals surface area contributed by atoms with Crippen LogP contribution in [0.5, 0.6) is 0 Å². The smallest absolute Gasteiger partial charge is 0.181 e. The Bertz CT molecular complexity index is 1040. The summed E-state index contributed by atoms with van der Waals surface area (Å²) in [5.74, 6) is -1.99. The third kappa shape index (κ3) is 3.29. The normalized spacial score (nSPS) is 11.7. The van der Waals surface area contributed by atoms with Crippen LogP contribution in [0, 0.1) is 18.6 Å². The van der Waals surface area contributed by atoms with Gasteiger partial charge >= 0.3 is 0 Å². The number of nitrogens with zero attached hydrogens (tertiary/aromatic N) is 1. The van der Waals surface area contributed by atoms with Crippen LogP contribution in [0.3, 0.4) is 0 Å². The summed E-state index contributed by atoms with van der Waals surface area (Å²) in [5, 5.41) is 4.47. The molecule has 0 aliphatic carbocycles. The molecule has 1 aromatic heterocycles. The third-order valence-electron chi connectivity index (χ3n) is 3.64. The summed E-state index contributed by atoms with van der Waals surface area (Å²) < 4.78 is 56.7. The molecule has 0 saturated heterocycles. The van der Waals surface area contributed by atoms with Gasteiger partial charge in [0.05, 0.1) is 5.56 Å². The van der Waals surface area contributed by atoms with E-state index in [-0.39, 0.29) is 5.56 Å². The fourth-order valence-corrected chi connectivity index (χ4v) is 3.53. The Kier molecular flexibility index (Phi) is 4.38. The van der Waals surface area contributed by atoms with Gasteiger partial charge in [-0.15, -0.1) is 0 Å². The summed E-state index contributed by atoms with van der Waals surface area (Å²) in [6.45, 7) is 1.60. The van der Waals surface area contributed by atoms with Crippen LogP contribution < -0.4 is 0 Å². The summed E-state index contributed by atoms with van der Waals surface area (Å²) in [7, 11) is -4.03. The first-order valence-electron chi connectivity index (χ1n) is 7.10. The van der Waals surface area contributed by atoms with Crippen molar-refractivity contribution in [3.63, 3.8) is 0 Å². The Morgan fingerprint density at radius 3 is 2.12 bits per heavy atom. The number of sulfone groups is 1. The van der Waals surface area contributed by atoms with E-state index in [0.29, 0.717) is 27.6 Å². The topological polar surface area (TPSA) is 60.2 Å². The molecule has 0 unspecified atom stereocenters. The lowest BCUT2D eigenvalue weighted by Crippen LogP contribution is -2.05. The monoisotopic (exact) mass is 383 g/mol. The Balaban J connectivity index is 2.22. The van der Waals surface area contributed by atoms with Crippen molar-refractivity contribution in [2.45, 2.75) is 11.8 Å². The van der Waals surface area contributed by atoms with E-state index in [1.807, 2.05) is 0 Å². The molecule has 25 heavy (non-hydrogen) atoms. The SMILES string of the molecule is Cc1onc(-c2ccc(Cl)cc2)c1-c1cc(F)c(S(C)(=O)=O)c(F)c1. The molecule has 3 rings (SSSR count). The van der Waals surface area contributed by atoms with Gasteiger partial charge in [-0.05, 0) is 36.8 Å². The van der Waals surface area contributed by atoms with Gasteiger partial charge in [0.1, 0.15) is 28.0 Å². The molecular weight excluding hydrogens is 372 g/mol. The second kappa shape index (κ2) is 6.24. The van der Waals surface area contributed by atoms with Crippen molar-refractivity contribution < 1.29 is 21.7 Å². The van der Waals surface area contributed by atoms with Crippen LogP contribution in [0.15, 0.2) is 45.8 Å². The van der Waals surface area contributed by atoms with Crippen molar-refractivity contribution in [3.05, 3.63) is 58.8 Å². The summed E-state index contributed by atoms with van der Waals surface area (Å²) in [4.78, 5) is -0.960. The molecule has 8 heteroatoms. The molecule has 130 valence electrons. The van der Waals surface area contributed by atoms with E-state index in [4.69, 9.17) is 16.1 Å². The Morgan fingerprint density at radius 1 is 1.04 bits per heavy atom. The number of aryl methyl sites for hydroxylation is 1. The van der Waals surface area contributed by atoms with Gasteiger partial charge in [-0.3, -0.25) is 0 Å². The van der Waals surface area contributed by atoms with E-state index >= 15 is 0 Å². The van der Waals surface area contributed by atoms with Crippen LogP contribution >= 0.6 is 11.6 Å². The predicted molar refractivity (Wildman–Crippen MR) is 90.1 cm³/mol. The molecular formula is C17H12ClF2NO3S. The van der Waals surface area contributed by atoms with Crippen LogP contribution in [-0.4, -0.2) is 19.8 Å². The van der Waals surface area contributed by atoms with Crippen LogP contribution in [0.2, 0.25) is 5.02 Å². The Hall–Kier alpha value is -2.25. The van der Waals surface area contributed by atoms with Gasteiger partial charge in [-0.25, -0.2) is 17.2 Å². The third-order valence-corrected chi connectivity index (χ3v) is 5.02. The van der Waals surface area contributed by atoms with Gasteiger partial charge in [-0.2, -0.15) is 0 Å². The first kappa shape index (κ1) is 17.6. The number of hydrogen-bond donors (Lipinski definition) is 0. The number of hydrogen-bond acceptors (Lipinski definition) is 4. The van der Waals surface area contributed by atoms with E-state index in [2.05, 4.69) is 5.16 Å². The standard InChI is InChI=1S/C17H12ClF2NO3S/c1-9-15(16(21-24-9)10-3-5-12(18)6-4-10)11-7-13(19)17(14(20)8-11)25(2,22)23/h3-8H,1-2H3. The maximum atomic E-state index is 14.2. The maximum Gasteiger partial charge on any atom is 0.181 e. The summed E-state index contributed by atoms with van der Waals surface area (Å²) in [6, 6.07) is 8.61. The molecule has 0 radical (unpaired) electrons. The highest BCUT2D eigenvalue weighted by molar-refractivity contribution is 7.90. The van der Waals surface area contributed by atoms with E-state index in [1.165, 1.54) is 0 Å². The largest absolute Gasteiger partial charge is 0.360 e. The zero-order valence-corrected chi connectivity index (χ0v) is 14.8. The molecule has 0 aliphatic rings. The number of benzene rings is 2. The molecule has 0 spiro atoms. The van der Waals surface area contributed by atoms with Gasteiger partial charge in [-0.1, -0.05) is 28.9 Å². The molecule has 3 aromatic rings. The number of halogens is 3. The summed E-state index contributed by atoms with van der Waals surface area (Å²) in [6.07, 6.45) is 0.748.